The molecule has 0 N–H and O–H groups in total. The standard InChI is InChI=1S/C20H22N2O4/c1-13(23)22-18(16-9-6-10-19(25-3)20(16)26-4)12-17(21-22)14-7-5-8-15(11-14)24-2/h5-11,18H,12H2,1-4H3/t18-/m1/s1. The molecule has 0 unspecified atom stereocenters. The minimum Gasteiger partial charge on any atom is -0.497 e. The number of hydrazone groups is 1. The largest absolute Gasteiger partial charge is 0.497 e. The van der Waals surface area contributed by atoms with Crippen molar-refractivity contribution in [2.24, 2.45) is 5.10 Å². The number of amides is 1. The first-order chi connectivity index (χ1) is 12.6. The zero-order valence-electron chi connectivity index (χ0n) is 15.4. The van der Waals surface area contributed by atoms with E-state index in [1.807, 2.05) is 42.5 Å². The van der Waals surface area contributed by atoms with Gasteiger partial charge >= 0.3 is 0 Å². The topological polar surface area (TPSA) is 60.4 Å². The van der Waals surface area contributed by atoms with E-state index < -0.39 is 0 Å². The molecular formula is C20H22N2O4. The lowest BCUT2D eigenvalue weighted by Gasteiger charge is -2.23. The van der Waals surface area contributed by atoms with Crippen molar-refractivity contribution < 1.29 is 19.0 Å². The van der Waals surface area contributed by atoms with Crippen molar-refractivity contribution in [2.45, 2.75) is 19.4 Å². The Labute approximate surface area is 153 Å². The fraction of sp³-hybridized carbons (Fsp3) is 0.300. The second kappa shape index (κ2) is 7.47. The molecule has 1 aliphatic rings. The quantitative estimate of drug-likeness (QED) is 0.826. The maximum atomic E-state index is 12.2. The average molecular weight is 354 g/mol. The number of hydrogen-bond donors (Lipinski definition) is 0. The summed E-state index contributed by atoms with van der Waals surface area (Å²) in [5, 5.41) is 6.08. The number of methoxy groups -OCH3 is 3. The van der Waals surface area contributed by atoms with Crippen LogP contribution in [0.25, 0.3) is 0 Å². The Morgan fingerprint density at radius 2 is 1.85 bits per heavy atom. The van der Waals surface area contributed by atoms with Gasteiger partial charge in [-0.05, 0) is 18.2 Å². The van der Waals surface area contributed by atoms with Crippen LogP contribution in [0, 0.1) is 0 Å². The van der Waals surface area contributed by atoms with Crippen LogP contribution in [0.1, 0.15) is 30.5 Å². The van der Waals surface area contributed by atoms with Gasteiger partial charge in [-0.3, -0.25) is 4.79 Å². The molecule has 3 rings (SSSR count). The zero-order chi connectivity index (χ0) is 18.7. The van der Waals surface area contributed by atoms with Crippen LogP contribution < -0.4 is 14.2 Å². The molecule has 1 aliphatic heterocycles. The van der Waals surface area contributed by atoms with E-state index in [2.05, 4.69) is 5.10 Å². The molecule has 1 heterocycles. The minimum atomic E-state index is -0.251. The van der Waals surface area contributed by atoms with Gasteiger partial charge in [-0.1, -0.05) is 24.3 Å². The van der Waals surface area contributed by atoms with Crippen LogP contribution in [-0.2, 0) is 4.79 Å². The van der Waals surface area contributed by atoms with E-state index in [1.54, 1.807) is 21.3 Å². The summed E-state index contributed by atoms with van der Waals surface area (Å²) >= 11 is 0. The number of carbonyl (C=O) groups excluding carboxylic acids is 1. The van der Waals surface area contributed by atoms with Gasteiger partial charge in [0, 0.05) is 24.5 Å². The van der Waals surface area contributed by atoms with E-state index in [0.29, 0.717) is 17.9 Å². The third-order valence-corrected chi connectivity index (χ3v) is 4.43. The summed E-state index contributed by atoms with van der Waals surface area (Å²) in [5.74, 6) is 1.87. The van der Waals surface area contributed by atoms with Gasteiger partial charge in [-0.25, -0.2) is 5.01 Å². The number of para-hydroxylation sites is 1. The lowest BCUT2D eigenvalue weighted by molar-refractivity contribution is -0.130. The first-order valence-electron chi connectivity index (χ1n) is 8.31. The molecule has 0 aromatic heterocycles. The molecule has 0 saturated carbocycles. The van der Waals surface area contributed by atoms with Crippen molar-refractivity contribution in [1.29, 1.82) is 0 Å². The number of hydrogen-bond acceptors (Lipinski definition) is 5. The first kappa shape index (κ1) is 17.8. The normalized spacial score (nSPS) is 16.2. The fourth-order valence-electron chi connectivity index (χ4n) is 3.19. The average Bonchev–Trinajstić information content (AvgIpc) is 3.13. The zero-order valence-corrected chi connectivity index (χ0v) is 15.4. The molecule has 6 heteroatoms. The molecule has 6 nitrogen and oxygen atoms in total. The Bertz CT molecular complexity index is 847. The summed E-state index contributed by atoms with van der Waals surface area (Å²) < 4.78 is 16.2. The third-order valence-electron chi connectivity index (χ3n) is 4.43. The number of rotatable bonds is 5. The molecule has 1 amide bonds. The summed E-state index contributed by atoms with van der Waals surface area (Å²) in [4.78, 5) is 12.2. The molecule has 2 aromatic rings. The molecule has 1 atom stereocenters. The van der Waals surface area contributed by atoms with E-state index in [1.165, 1.54) is 11.9 Å². The van der Waals surface area contributed by atoms with E-state index in [4.69, 9.17) is 14.2 Å². The number of carbonyl (C=O) groups is 1. The van der Waals surface area contributed by atoms with Gasteiger partial charge < -0.3 is 14.2 Å². The molecule has 0 radical (unpaired) electrons. The third kappa shape index (κ3) is 3.22. The molecule has 0 fully saturated rings. The van der Waals surface area contributed by atoms with Crippen LogP contribution in [0.3, 0.4) is 0 Å². The van der Waals surface area contributed by atoms with Crippen LogP contribution in [0.5, 0.6) is 17.2 Å². The van der Waals surface area contributed by atoms with Crippen molar-refractivity contribution >= 4 is 11.6 Å². The summed E-state index contributed by atoms with van der Waals surface area (Å²) in [5.41, 5.74) is 2.62. The van der Waals surface area contributed by atoms with Crippen LogP contribution in [0.15, 0.2) is 47.6 Å². The highest BCUT2D eigenvalue weighted by molar-refractivity contribution is 6.03. The first-order valence-corrected chi connectivity index (χ1v) is 8.31. The van der Waals surface area contributed by atoms with E-state index in [0.717, 1.165) is 22.6 Å². The highest BCUT2D eigenvalue weighted by atomic mass is 16.5. The van der Waals surface area contributed by atoms with Gasteiger partial charge in [0.25, 0.3) is 0 Å². The van der Waals surface area contributed by atoms with Crippen molar-refractivity contribution in [2.75, 3.05) is 21.3 Å². The van der Waals surface area contributed by atoms with Crippen LogP contribution in [-0.4, -0.2) is 38.0 Å². The van der Waals surface area contributed by atoms with Crippen molar-refractivity contribution in [3.8, 4) is 17.2 Å². The highest BCUT2D eigenvalue weighted by Crippen LogP contribution is 2.41. The molecular weight excluding hydrogens is 332 g/mol. The number of nitrogens with zero attached hydrogens (tertiary/aromatic N) is 2. The van der Waals surface area contributed by atoms with E-state index in [-0.39, 0.29) is 11.9 Å². The van der Waals surface area contributed by atoms with Gasteiger partial charge in [-0.2, -0.15) is 5.10 Å². The second-order valence-electron chi connectivity index (χ2n) is 5.94. The van der Waals surface area contributed by atoms with Crippen molar-refractivity contribution in [3.63, 3.8) is 0 Å². The molecule has 0 bridgehead atoms. The van der Waals surface area contributed by atoms with E-state index >= 15 is 0 Å². The second-order valence-corrected chi connectivity index (χ2v) is 5.94. The summed E-state index contributed by atoms with van der Waals surface area (Å²) in [7, 11) is 4.82. The Morgan fingerprint density at radius 1 is 1.08 bits per heavy atom. The van der Waals surface area contributed by atoms with Gasteiger partial charge in [0.15, 0.2) is 11.5 Å². The Kier molecular flexibility index (Phi) is 5.11. The summed E-state index contributed by atoms with van der Waals surface area (Å²) in [6.45, 7) is 1.51. The number of ether oxygens (including phenoxy) is 3. The maximum Gasteiger partial charge on any atom is 0.240 e. The van der Waals surface area contributed by atoms with Crippen LogP contribution in [0.2, 0.25) is 0 Å². The predicted octanol–water partition coefficient (Wildman–Crippen LogP) is 3.41. The van der Waals surface area contributed by atoms with Gasteiger partial charge in [0.2, 0.25) is 5.91 Å². The fourth-order valence-corrected chi connectivity index (χ4v) is 3.19. The molecule has 0 saturated heterocycles. The predicted molar refractivity (Wildman–Crippen MR) is 99.0 cm³/mol. The molecule has 2 aromatic carbocycles. The Hall–Kier alpha value is -3.02. The summed E-state index contributed by atoms with van der Waals surface area (Å²) in [6, 6.07) is 13.1. The lowest BCUT2D eigenvalue weighted by atomic mass is 9.97. The molecule has 26 heavy (non-hydrogen) atoms. The van der Waals surface area contributed by atoms with Gasteiger partial charge in [0.1, 0.15) is 5.75 Å². The van der Waals surface area contributed by atoms with Crippen molar-refractivity contribution in [3.05, 3.63) is 53.6 Å². The Morgan fingerprint density at radius 3 is 2.50 bits per heavy atom. The maximum absolute atomic E-state index is 12.2. The Balaban J connectivity index is 2.01. The van der Waals surface area contributed by atoms with E-state index in [9.17, 15) is 4.79 Å². The molecule has 0 aliphatic carbocycles. The SMILES string of the molecule is COc1cccc(C2=NN(C(C)=O)[C@@H](c3cccc(OC)c3OC)C2)c1. The minimum absolute atomic E-state index is 0.127. The molecule has 136 valence electrons. The van der Waals surface area contributed by atoms with Crippen LogP contribution >= 0.6 is 0 Å². The monoisotopic (exact) mass is 354 g/mol. The van der Waals surface area contributed by atoms with Crippen LogP contribution in [0.4, 0.5) is 0 Å². The highest BCUT2D eigenvalue weighted by Gasteiger charge is 2.34. The lowest BCUT2D eigenvalue weighted by Crippen LogP contribution is -2.24. The molecule has 0 spiro atoms. The number of benzene rings is 2. The summed E-state index contributed by atoms with van der Waals surface area (Å²) in [6.07, 6.45) is 0.580. The smallest absolute Gasteiger partial charge is 0.240 e. The van der Waals surface area contributed by atoms with Gasteiger partial charge in [-0.15, -0.1) is 0 Å². The van der Waals surface area contributed by atoms with Crippen molar-refractivity contribution in [1.82, 2.24) is 5.01 Å². The van der Waals surface area contributed by atoms with Gasteiger partial charge in [0.05, 0.1) is 33.1 Å².